The second kappa shape index (κ2) is 7.90. The van der Waals surface area contributed by atoms with E-state index in [0.717, 1.165) is 5.39 Å². The van der Waals surface area contributed by atoms with Gasteiger partial charge in [-0.1, -0.05) is 0 Å². The number of aryl methyl sites for hydroxylation is 1. The molecule has 30 heavy (non-hydrogen) atoms. The Morgan fingerprint density at radius 1 is 1.40 bits per heavy atom. The molecule has 0 radical (unpaired) electrons. The summed E-state index contributed by atoms with van der Waals surface area (Å²) in [5, 5.41) is 0.800. The molecule has 2 aromatic heterocycles. The molecule has 3 aromatic rings. The van der Waals surface area contributed by atoms with E-state index in [9.17, 15) is 14.0 Å². The quantitative estimate of drug-likeness (QED) is 0.403. The van der Waals surface area contributed by atoms with Crippen molar-refractivity contribution in [3.05, 3.63) is 65.4 Å². The van der Waals surface area contributed by atoms with Crippen molar-refractivity contribution in [3.63, 3.8) is 0 Å². The summed E-state index contributed by atoms with van der Waals surface area (Å²) in [4.78, 5) is 37.0. The van der Waals surface area contributed by atoms with Crippen LogP contribution in [0.1, 0.15) is 18.1 Å². The number of aromatic nitrogens is 2. The topological polar surface area (TPSA) is 93.6 Å². The van der Waals surface area contributed by atoms with E-state index >= 15 is 0 Å². The van der Waals surface area contributed by atoms with Crippen molar-refractivity contribution >= 4 is 40.4 Å². The minimum Gasteiger partial charge on any atom is -0.465 e. The van der Waals surface area contributed by atoms with Gasteiger partial charge in [0.1, 0.15) is 11.5 Å². The Bertz CT molecular complexity index is 1210. The third-order valence-corrected chi connectivity index (χ3v) is 4.65. The fraction of sp³-hybridized carbons (Fsp3) is 0.182. The highest BCUT2D eigenvalue weighted by molar-refractivity contribution is 6.27. The van der Waals surface area contributed by atoms with Gasteiger partial charge in [-0.3, -0.25) is 9.59 Å². The number of carbonyl (C=O) groups is 2. The number of aromatic amines is 1. The predicted octanol–water partition coefficient (Wildman–Crippen LogP) is 3.86. The molecule has 1 fully saturated rings. The SMILES string of the molecule is CCOC(=O)C1C(=O)/C(=C/c2c[nH]c3ncccc23)OC1=Nc1ccc(F)cc1C. The van der Waals surface area contributed by atoms with Crippen LogP contribution in [0.3, 0.4) is 0 Å². The molecule has 1 atom stereocenters. The zero-order chi connectivity index (χ0) is 21.3. The standard InChI is InChI=1S/C22H18FN3O4/c1-3-29-22(28)18-19(27)17(10-13-11-25-20-15(13)5-4-8-24-20)30-21(18)26-16-7-6-14(23)9-12(16)2/h4-11,18H,3H2,1-2H3,(H,24,25)/b17-10-,26-21?. The summed E-state index contributed by atoms with van der Waals surface area (Å²) in [6, 6.07) is 7.65. The van der Waals surface area contributed by atoms with E-state index in [1.807, 2.05) is 6.07 Å². The summed E-state index contributed by atoms with van der Waals surface area (Å²) in [5.41, 5.74) is 2.28. The van der Waals surface area contributed by atoms with Gasteiger partial charge < -0.3 is 14.5 Å². The van der Waals surface area contributed by atoms with Crippen molar-refractivity contribution < 1.29 is 23.5 Å². The first-order chi connectivity index (χ1) is 14.5. The Hall–Kier alpha value is -3.81. The number of rotatable bonds is 4. The third-order valence-electron chi connectivity index (χ3n) is 4.65. The number of fused-ring (bicyclic) bond motifs is 1. The highest BCUT2D eigenvalue weighted by Crippen LogP contribution is 2.30. The Morgan fingerprint density at radius 2 is 2.23 bits per heavy atom. The van der Waals surface area contributed by atoms with Crippen molar-refractivity contribution in [1.82, 2.24) is 9.97 Å². The maximum atomic E-state index is 13.4. The lowest BCUT2D eigenvalue weighted by Gasteiger charge is -2.07. The van der Waals surface area contributed by atoms with E-state index in [-0.39, 0.29) is 18.3 Å². The number of esters is 1. The van der Waals surface area contributed by atoms with Crippen LogP contribution in [0.15, 0.2) is 53.5 Å². The molecule has 0 bridgehead atoms. The van der Waals surface area contributed by atoms with Gasteiger partial charge in [0.25, 0.3) is 0 Å². The summed E-state index contributed by atoms with van der Waals surface area (Å²) in [7, 11) is 0. The first kappa shape index (κ1) is 19.5. The zero-order valence-electron chi connectivity index (χ0n) is 16.3. The van der Waals surface area contributed by atoms with Gasteiger partial charge in [-0.15, -0.1) is 0 Å². The van der Waals surface area contributed by atoms with Crippen molar-refractivity contribution in [3.8, 4) is 0 Å². The van der Waals surface area contributed by atoms with E-state index in [0.29, 0.717) is 22.5 Å². The summed E-state index contributed by atoms with van der Waals surface area (Å²) in [6.07, 6.45) is 4.88. The average Bonchev–Trinajstić information content (AvgIpc) is 3.26. The van der Waals surface area contributed by atoms with Gasteiger partial charge >= 0.3 is 5.97 Å². The number of hydrogen-bond acceptors (Lipinski definition) is 6. The maximum Gasteiger partial charge on any atom is 0.326 e. The van der Waals surface area contributed by atoms with Crippen molar-refractivity contribution in [1.29, 1.82) is 0 Å². The molecule has 1 N–H and O–H groups in total. The second-order valence-corrected chi connectivity index (χ2v) is 6.68. The van der Waals surface area contributed by atoms with Gasteiger partial charge in [-0.2, -0.15) is 0 Å². The molecular formula is C22H18FN3O4. The number of nitrogens with zero attached hydrogens (tertiary/aromatic N) is 2. The molecule has 0 saturated carbocycles. The fourth-order valence-corrected chi connectivity index (χ4v) is 3.20. The number of ketones is 1. The third kappa shape index (κ3) is 3.59. The van der Waals surface area contributed by atoms with Gasteiger partial charge in [0.15, 0.2) is 11.7 Å². The molecule has 1 unspecified atom stereocenters. The number of nitrogens with one attached hydrogen (secondary N) is 1. The van der Waals surface area contributed by atoms with E-state index in [1.165, 1.54) is 24.3 Å². The maximum absolute atomic E-state index is 13.4. The number of hydrogen-bond donors (Lipinski definition) is 1. The number of Topliss-reactive ketones (excluding diaryl/α,β-unsaturated/α-hetero) is 1. The van der Waals surface area contributed by atoms with E-state index < -0.39 is 23.5 Å². The Balaban J connectivity index is 1.76. The number of pyridine rings is 1. The largest absolute Gasteiger partial charge is 0.465 e. The molecule has 3 heterocycles. The average molecular weight is 407 g/mol. The van der Waals surface area contributed by atoms with Crippen LogP contribution < -0.4 is 0 Å². The summed E-state index contributed by atoms with van der Waals surface area (Å²) in [5.74, 6) is -3.15. The van der Waals surface area contributed by atoms with Gasteiger partial charge in [-0.05, 0) is 55.8 Å². The Morgan fingerprint density at radius 3 is 3.00 bits per heavy atom. The second-order valence-electron chi connectivity index (χ2n) is 6.68. The lowest BCUT2D eigenvalue weighted by molar-refractivity contribution is -0.147. The number of halogens is 1. The summed E-state index contributed by atoms with van der Waals surface area (Å²) >= 11 is 0. The van der Waals surface area contributed by atoms with Gasteiger partial charge in [0.05, 0.1) is 12.3 Å². The smallest absolute Gasteiger partial charge is 0.326 e. The van der Waals surface area contributed by atoms with Crippen LogP contribution in [0.5, 0.6) is 0 Å². The van der Waals surface area contributed by atoms with Crippen LogP contribution >= 0.6 is 0 Å². The van der Waals surface area contributed by atoms with Crippen molar-refractivity contribution in [2.24, 2.45) is 10.9 Å². The minimum absolute atomic E-state index is 0.0312. The van der Waals surface area contributed by atoms with E-state index in [2.05, 4.69) is 15.0 Å². The van der Waals surface area contributed by atoms with Gasteiger partial charge in [0.2, 0.25) is 11.7 Å². The van der Waals surface area contributed by atoms with Crippen LogP contribution in [0.4, 0.5) is 10.1 Å². The molecule has 0 amide bonds. The van der Waals surface area contributed by atoms with Crippen molar-refractivity contribution in [2.45, 2.75) is 13.8 Å². The Kier molecular flexibility index (Phi) is 5.14. The molecule has 152 valence electrons. The van der Waals surface area contributed by atoms with Crippen molar-refractivity contribution in [2.75, 3.05) is 6.61 Å². The first-order valence-electron chi connectivity index (χ1n) is 9.35. The molecule has 7 nitrogen and oxygen atoms in total. The number of aliphatic imine (C=N–C) groups is 1. The molecule has 8 heteroatoms. The molecule has 1 aliphatic heterocycles. The molecule has 1 aromatic carbocycles. The predicted molar refractivity (Wildman–Crippen MR) is 109 cm³/mol. The molecule has 1 aliphatic rings. The van der Waals surface area contributed by atoms with Crippen LogP contribution in [-0.4, -0.2) is 34.2 Å². The van der Waals surface area contributed by atoms with Gasteiger partial charge in [-0.25, -0.2) is 14.4 Å². The van der Waals surface area contributed by atoms with Crippen LogP contribution in [0, 0.1) is 18.7 Å². The number of ether oxygens (including phenoxy) is 2. The first-order valence-corrected chi connectivity index (χ1v) is 9.35. The highest BCUT2D eigenvalue weighted by atomic mass is 19.1. The van der Waals surface area contributed by atoms with E-state index in [1.54, 1.807) is 32.3 Å². The number of carbonyl (C=O) groups excluding carboxylic acids is 2. The lowest BCUT2D eigenvalue weighted by Crippen LogP contribution is -2.27. The molecular weight excluding hydrogens is 389 g/mol. The van der Waals surface area contributed by atoms with E-state index in [4.69, 9.17) is 9.47 Å². The molecule has 0 spiro atoms. The number of allylic oxidation sites excluding steroid dienone is 1. The van der Waals surface area contributed by atoms with Crippen LogP contribution in [0.25, 0.3) is 17.1 Å². The lowest BCUT2D eigenvalue weighted by atomic mass is 10.0. The molecule has 4 rings (SSSR count). The number of H-pyrrole nitrogens is 1. The Labute approximate surface area is 171 Å². The highest BCUT2D eigenvalue weighted by Gasteiger charge is 2.44. The molecule has 0 aliphatic carbocycles. The fourth-order valence-electron chi connectivity index (χ4n) is 3.20. The van der Waals surface area contributed by atoms with Gasteiger partial charge in [0, 0.05) is 23.3 Å². The summed E-state index contributed by atoms with van der Waals surface area (Å²) < 4.78 is 24.1. The molecule has 1 saturated heterocycles. The monoisotopic (exact) mass is 407 g/mol. The summed E-state index contributed by atoms with van der Waals surface area (Å²) in [6.45, 7) is 3.43. The van der Waals surface area contributed by atoms with Crippen LogP contribution in [-0.2, 0) is 19.1 Å². The zero-order valence-corrected chi connectivity index (χ0v) is 16.3. The number of benzene rings is 1. The minimum atomic E-state index is -1.32. The normalized spacial score (nSPS) is 18.9. The van der Waals surface area contributed by atoms with Crippen LogP contribution in [0.2, 0.25) is 0 Å².